The Hall–Kier alpha value is -1.30. The molecule has 0 aromatic heterocycles. The molecule has 6 heteroatoms. The molecule has 1 rings (SSSR count). The maximum absolute atomic E-state index is 11.7. The first-order chi connectivity index (χ1) is 7.00. The van der Waals surface area contributed by atoms with Crippen LogP contribution in [0.2, 0.25) is 0 Å². The third kappa shape index (κ3) is 3.39. The minimum atomic E-state index is -0.714. The van der Waals surface area contributed by atoms with Crippen LogP contribution in [0.25, 0.3) is 0 Å². The number of nitrogens with zero attached hydrogens (tertiary/aromatic N) is 1. The van der Waals surface area contributed by atoms with Gasteiger partial charge in [-0.25, -0.2) is 4.79 Å². The van der Waals surface area contributed by atoms with Gasteiger partial charge in [0, 0.05) is 13.1 Å². The normalized spacial score (nSPS) is 23.3. The topological polar surface area (TPSA) is 95.7 Å². The van der Waals surface area contributed by atoms with Gasteiger partial charge in [0.1, 0.15) is 6.04 Å². The summed E-state index contributed by atoms with van der Waals surface area (Å²) in [7, 11) is 0. The Morgan fingerprint density at radius 3 is 2.80 bits per heavy atom. The number of piperidine rings is 1. The number of carbonyl (C=O) groups excluding carboxylic acids is 2. The molecule has 0 saturated carbocycles. The number of likely N-dealkylation sites (tertiary alicyclic amines) is 1. The van der Waals surface area contributed by atoms with Crippen LogP contribution in [0.4, 0.5) is 4.79 Å². The monoisotopic (exact) mass is 215 g/mol. The molecule has 0 aromatic rings. The number of aliphatic hydroxyl groups excluding tert-OH is 1. The Bertz CT molecular complexity index is 257. The molecule has 4 N–H and O–H groups in total. The SMILES string of the molecule is CC(NC(N)=O)C(=O)N1CCC[C@H](O)C1. The average Bonchev–Trinajstić information content (AvgIpc) is 2.15. The molecule has 1 saturated heterocycles. The molecule has 0 aliphatic carbocycles. The molecule has 3 amide bonds. The summed E-state index contributed by atoms with van der Waals surface area (Å²) in [5.41, 5.74) is 4.92. The van der Waals surface area contributed by atoms with Crippen LogP contribution in [0, 0.1) is 0 Å². The number of nitrogens with two attached hydrogens (primary N) is 1. The summed E-state index contributed by atoms with van der Waals surface area (Å²) >= 11 is 0. The second-order valence-electron chi connectivity index (χ2n) is 3.81. The number of aliphatic hydroxyl groups is 1. The third-order valence-electron chi connectivity index (χ3n) is 2.44. The van der Waals surface area contributed by atoms with E-state index in [4.69, 9.17) is 5.73 Å². The van der Waals surface area contributed by atoms with Gasteiger partial charge >= 0.3 is 6.03 Å². The summed E-state index contributed by atoms with van der Waals surface area (Å²) < 4.78 is 0. The van der Waals surface area contributed by atoms with Crippen LogP contribution in [0.15, 0.2) is 0 Å². The van der Waals surface area contributed by atoms with E-state index in [0.29, 0.717) is 13.1 Å². The van der Waals surface area contributed by atoms with E-state index in [0.717, 1.165) is 12.8 Å². The number of hydrogen-bond acceptors (Lipinski definition) is 3. The highest BCUT2D eigenvalue weighted by Crippen LogP contribution is 2.10. The Kier molecular flexibility index (Phi) is 3.90. The summed E-state index contributed by atoms with van der Waals surface area (Å²) in [6.07, 6.45) is 1.06. The van der Waals surface area contributed by atoms with E-state index in [9.17, 15) is 14.7 Å². The second kappa shape index (κ2) is 4.97. The van der Waals surface area contributed by atoms with Gasteiger partial charge in [-0.15, -0.1) is 0 Å². The Morgan fingerprint density at radius 1 is 1.60 bits per heavy atom. The van der Waals surface area contributed by atoms with E-state index < -0.39 is 18.2 Å². The lowest BCUT2D eigenvalue weighted by atomic mass is 10.1. The summed E-state index contributed by atoms with van der Waals surface area (Å²) in [6, 6.07) is -1.35. The minimum Gasteiger partial charge on any atom is -0.391 e. The summed E-state index contributed by atoms with van der Waals surface area (Å²) in [6.45, 7) is 2.54. The minimum absolute atomic E-state index is 0.201. The predicted molar refractivity (Wildman–Crippen MR) is 54.0 cm³/mol. The fraction of sp³-hybridized carbons (Fsp3) is 0.778. The van der Waals surface area contributed by atoms with Crippen LogP contribution < -0.4 is 11.1 Å². The Morgan fingerprint density at radius 2 is 2.27 bits per heavy atom. The fourth-order valence-corrected chi connectivity index (χ4v) is 1.70. The molecule has 1 aliphatic rings. The summed E-state index contributed by atoms with van der Waals surface area (Å²) in [5, 5.41) is 11.7. The molecule has 1 unspecified atom stereocenters. The van der Waals surface area contributed by atoms with Gasteiger partial charge in [-0.1, -0.05) is 0 Å². The Labute approximate surface area is 88.4 Å². The van der Waals surface area contributed by atoms with E-state index in [1.54, 1.807) is 11.8 Å². The van der Waals surface area contributed by atoms with Crippen LogP contribution in [0.3, 0.4) is 0 Å². The van der Waals surface area contributed by atoms with Crippen molar-refractivity contribution in [3.63, 3.8) is 0 Å². The van der Waals surface area contributed by atoms with Gasteiger partial charge in [0.15, 0.2) is 0 Å². The fourth-order valence-electron chi connectivity index (χ4n) is 1.70. The van der Waals surface area contributed by atoms with Crippen LogP contribution in [0.5, 0.6) is 0 Å². The number of carbonyl (C=O) groups is 2. The molecule has 0 spiro atoms. The maximum Gasteiger partial charge on any atom is 0.312 e. The van der Waals surface area contributed by atoms with Crippen molar-refractivity contribution in [2.45, 2.75) is 31.9 Å². The lowest BCUT2D eigenvalue weighted by Crippen LogP contribution is -2.51. The predicted octanol–water partition coefficient (Wildman–Crippen LogP) is -0.973. The molecule has 1 fully saturated rings. The highest BCUT2D eigenvalue weighted by Gasteiger charge is 2.25. The first kappa shape index (κ1) is 11.8. The number of amides is 3. The molecule has 15 heavy (non-hydrogen) atoms. The van der Waals surface area contributed by atoms with E-state index >= 15 is 0 Å². The standard InChI is InChI=1S/C9H17N3O3/c1-6(11-9(10)15)8(14)12-4-2-3-7(13)5-12/h6-7,13H,2-5H2,1H3,(H3,10,11,15)/t6?,7-/m0/s1. The lowest BCUT2D eigenvalue weighted by molar-refractivity contribution is -0.135. The molecule has 86 valence electrons. The molecular formula is C9H17N3O3. The number of primary amides is 1. The molecule has 0 radical (unpaired) electrons. The molecule has 0 aromatic carbocycles. The molecule has 1 heterocycles. The van der Waals surface area contributed by atoms with Crippen molar-refractivity contribution in [1.29, 1.82) is 0 Å². The van der Waals surface area contributed by atoms with Gasteiger partial charge in [0.05, 0.1) is 6.10 Å². The van der Waals surface area contributed by atoms with Crippen molar-refractivity contribution in [2.24, 2.45) is 5.73 Å². The maximum atomic E-state index is 11.7. The van der Waals surface area contributed by atoms with Gasteiger partial charge in [0.2, 0.25) is 5.91 Å². The molecule has 0 bridgehead atoms. The third-order valence-corrected chi connectivity index (χ3v) is 2.44. The number of hydrogen-bond donors (Lipinski definition) is 3. The van der Waals surface area contributed by atoms with Crippen LogP contribution in [-0.4, -0.2) is 47.2 Å². The number of nitrogens with one attached hydrogen (secondary N) is 1. The molecule has 6 nitrogen and oxygen atoms in total. The zero-order chi connectivity index (χ0) is 11.4. The van der Waals surface area contributed by atoms with E-state index in [2.05, 4.69) is 5.32 Å². The van der Waals surface area contributed by atoms with E-state index in [1.165, 1.54) is 0 Å². The first-order valence-electron chi connectivity index (χ1n) is 5.03. The van der Waals surface area contributed by atoms with Crippen molar-refractivity contribution in [2.75, 3.05) is 13.1 Å². The molecule has 2 atom stereocenters. The highest BCUT2D eigenvalue weighted by atomic mass is 16.3. The summed E-state index contributed by atoms with van der Waals surface area (Å²) in [5.74, 6) is -0.201. The van der Waals surface area contributed by atoms with E-state index in [1.807, 2.05) is 0 Å². The van der Waals surface area contributed by atoms with Crippen molar-refractivity contribution >= 4 is 11.9 Å². The number of urea groups is 1. The summed E-state index contributed by atoms with van der Waals surface area (Å²) in [4.78, 5) is 23.8. The van der Waals surface area contributed by atoms with Crippen LogP contribution in [0.1, 0.15) is 19.8 Å². The van der Waals surface area contributed by atoms with Crippen molar-refractivity contribution in [3.05, 3.63) is 0 Å². The average molecular weight is 215 g/mol. The van der Waals surface area contributed by atoms with Crippen molar-refractivity contribution in [3.8, 4) is 0 Å². The van der Waals surface area contributed by atoms with Gasteiger partial charge < -0.3 is 21.1 Å². The lowest BCUT2D eigenvalue weighted by Gasteiger charge is -2.32. The van der Waals surface area contributed by atoms with Crippen molar-refractivity contribution < 1.29 is 14.7 Å². The van der Waals surface area contributed by atoms with Crippen molar-refractivity contribution in [1.82, 2.24) is 10.2 Å². The quantitative estimate of drug-likeness (QED) is 0.552. The number of β-amino-alcohol motifs (C(OH)–C–C–N with tert-alkyl or cyclic N) is 1. The van der Waals surface area contributed by atoms with Crippen LogP contribution in [-0.2, 0) is 4.79 Å². The van der Waals surface area contributed by atoms with Crippen LogP contribution >= 0.6 is 0 Å². The smallest absolute Gasteiger partial charge is 0.312 e. The van der Waals surface area contributed by atoms with Gasteiger partial charge in [0.25, 0.3) is 0 Å². The Balaban J connectivity index is 2.47. The van der Waals surface area contributed by atoms with Gasteiger partial charge in [-0.3, -0.25) is 4.79 Å². The van der Waals surface area contributed by atoms with E-state index in [-0.39, 0.29) is 5.91 Å². The van der Waals surface area contributed by atoms with Gasteiger partial charge in [-0.05, 0) is 19.8 Å². The second-order valence-corrected chi connectivity index (χ2v) is 3.81. The molecular weight excluding hydrogens is 198 g/mol. The largest absolute Gasteiger partial charge is 0.391 e. The highest BCUT2D eigenvalue weighted by molar-refractivity contribution is 5.86. The van der Waals surface area contributed by atoms with Gasteiger partial charge in [-0.2, -0.15) is 0 Å². The first-order valence-corrected chi connectivity index (χ1v) is 5.03. The molecule has 1 aliphatic heterocycles. The zero-order valence-corrected chi connectivity index (χ0v) is 8.77. The number of rotatable bonds is 2. The zero-order valence-electron chi connectivity index (χ0n) is 8.77.